The minimum atomic E-state index is -0.103. The summed E-state index contributed by atoms with van der Waals surface area (Å²) in [5, 5.41) is 2.92. The van der Waals surface area contributed by atoms with E-state index in [1.165, 1.54) is 0 Å². The number of nitrogens with one attached hydrogen (secondary N) is 1. The van der Waals surface area contributed by atoms with Gasteiger partial charge in [0.25, 0.3) is 0 Å². The van der Waals surface area contributed by atoms with Gasteiger partial charge in [0, 0.05) is 39.6 Å². The monoisotopic (exact) mass is 299 g/mol. The van der Waals surface area contributed by atoms with Gasteiger partial charge in [-0.2, -0.15) is 0 Å². The number of pyridine rings is 1. The Labute approximate surface area is 130 Å². The number of amides is 2. The second-order valence-electron chi connectivity index (χ2n) is 5.12. The zero-order valence-electron chi connectivity index (χ0n) is 13.0. The van der Waals surface area contributed by atoms with Crippen LogP contribution in [0, 0.1) is 0 Å². The Morgan fingerprint density at radius 2 is 1.91 bits per heavy atom. The quantitative estimate of drug-likeness (QED) is 0.892. The molecule has 5 nitrogen and oxygen atoms in total. The fraction of sp³-hybridized carbons (Fsp3) is 0.294. The van der Waals surface area contributed by atoms with Crippen LogP contribution < -0.4 is 5.32 Å². The molecule has 0 aliphatic carbocycles. The van der Waals surface area contributed by atoms with E-state index in [0.29, 0.717) is 19.7 Å². The van der Waals surface area contributed by atoms with E-state index in [1.807, 2.05) is 36.4 Å². The highest BCUT2D eigenvalue weighted by Crippen LogP contribution is 2.07. The van der Waals surface area contributed by atoms with Crippen molar-refractivity contribution in [2.45, 2.75) is 19.7 Å². The number of ether oxygens (including phenoxy) is 1. The first kappa shape index (κ1) is 16.0. The molecule has 0 atom stereocenters. The molecule has 0 aliphatic heterocycles. The maximum absolute atomic E-state index is 12.1. The van der Waals surface area contributed by atoms with E-state index in [1.54, 1.807) is 31.5 Å². The number of urea groups is 1. The van der Waals surface area contributed by atoms with Crippen molar-refractivity contribution in [1.82, 2.24) is 15.2 Å². The van der Waals surface area contributed by atoms with Crippen molar-refractivity contribution in [2.24, 2.45) is 0 Å². The molecule has 0 saturated carbocycles. The van der Waals surface area contributed by atoms with E-state index < -0.39 is 0 Å². The topological polar surface area (TPSA) is 54.5 Å². The van der Waals surface area contributed by atoms with Gasteiger partial charge in [0.1, 0.15) is 0 Å². The van der Waals surface area contributed by atoms with E-state index >= 15 is 0 Å². The Bertz CT molecular complexity index is 602. The zero-order valence-corrected chi connectivity index (χ0v) is 13.0. The van der Waals surface area contributed by atoms with Crippen LogP contribution in [-0.4, -0.2) is 30.1 Å². The molecular formula is C17H21N3O2. The van der Waals surface area contributed by atoms with Crippen molar-refractivity contribution >= 4 is 6.03 Å². The molecule has 2 amide bonds. The molecule has 5 heteroatoms. The number of carbonyl (C=O) groups excluding carboxylic acids is 1. The summed E-state index contributed by atoms with van der Waals surface area (Å²) in [6, 6.07) is 11.7. The molecule has 1 aromatic heterocycles. The summed E-state index contributed by atoms with van der Waals surface area (Å²) in [6.45, 7) is 1.62. The lowest BCUT2D eigenvalue weighted by Crippen LogP contribution is -2.36. The average molecular weight is 299 g/mol. The standard InChI is InChI=1S/C17H21N3O2/c1-20(12-14-6-8-18-9-7-14)17(21)19-11-15-4-3-5-16(10-15)13-22-2/h3-10H,11-13H2,1-2H3,(H,19,21). The molecule has 1 heterocycles. The Hall–Kier alpha value is -2.40. The van der Waals surface area contributed by atoms with Gasteiger partial charge in [-0.15, -0.1) is 0 Å². The highest BCUT2D eigenvalue weighted by atomic mass is 16.5. The number of carbonyl (C=O) groups is 1. The van der Waals surface area contributed by atoms with Crippen molar-refractivity contribution in [1.29, 1.82) is 0 Å². The van der Waals surface area contributed by atoms with Crippen LogP contribution in [0.1, 0.15) is 16.7 Å². The Balaban J connectivity index is 1.85. The Kier molecular flexibility index (Phi) is 5.91. The van der Waals surface area contributed by atoms with Crippen molar-refractivity contribution in [2.75, 3.05) is 14.2 Å². The molecule has 0 spiro atoms. The molecule has 2 aromatic rings. The fourth-order valence-electron chi connectivity index (χ4n) is 2.14. The van der Waals surface area contributed by atoms with Gasteiger partial charge in [0.05, 0.1) is 6.61 Å². The minimum absolute atomic E-state index is 0.103. The Morgan fingerprint density at radius 1 is 1.18 bits per heavy atom. The molecule has 116 valence electrons. The SMILES string of the molecule is COCc1cccc(CNC(=O)N(C)Cc2ccncc2)c1. The molecule has 22 heavy (non-hydrogen) atoms. The third-order valence-corrected chi connectivity index (χ3v) is 3.26. The first-order valence-corrected chi connectivity index (χ1v) is 7.13. The van der Waals surface area contributed by atoms with E-state index in [4.69, 9.17) is 4.74 Å². The number of hydrogen-bond donors (Lipinski definition) is 1. The maximum atomic E-state index is 12.1. The number of nitrogens with zero attached hydrogens (tertiary/aromatic N) is 2. The minimum Gasteiger partial charge on any atom is -0.380 e. The van der Waals surface area contributed by atoms with Crippen LogP contribution in [-0.2, 0) is 24.4 Å². The molecule has 0 bridgehead atoms. The van der Waals surface area contributed by atoms with Gasteiger partial charge in [0.15, 0.2) is 0 Å². The fourth-order valence-corrected chi connectivity index (χ4v) is 2.14. The number of aromatic nitrogens is 1. The van der Waals surface area contributed by atoms with Gasteiger partial charge in [0.2, 0.25) is 0 Å². The molecule has 2 rings (SSSR count). The number of hydrogen-bond acceptors (Lipinski definition) is 3. The second kappa shape index (κ2) is 8.14. The largest absolute Gasteiger partial charge is 0.380 e. The van der Waals surface area contributed by atoms with E-state index in [-0.39, 0.29) is 6.03 Å². The molecule has 0 aliphatic rings. The van der Waals surface area contributed by atoms with Crippen molar-refractivity contribution in [3.05, 3.63) is 65.5 Å². The predicted molar refractivity (Wildman–Crippen MR) is 85.1 cm³/mol. The van der Waals surface area contributed by atoms with Gasteiger partial charge >= 0.3 is 6.03 Å². The van der Waals surface area contributed by atoms with Crippen LogP contribution >= 0.6 is 0 Å². The van der Waals surface area contributed by atoms with E-state index in [2.05, 4.69) is 10.3 Å². The Morgan fingerprint density at radius 3 is 2.64 bits per heavy atom. The van der Waals surface area contributed by atoms with Gasteiger partial charge in [-0.1, -0.05) is 24.3 Å². The summed E-state index contributed by atoms with van der Waals surface area (Å²) in [7, 11) is 3.44. The lowest BCUT2D eigenvalue weighted by atomic mass is 10.1. The zero-order chi connectivity index (χ0) is 15.8. The first-order chi connectivity index (χ1) is 10.7. The highest BCUT2D eigenvalue weighted by Gasteiger charge is 2.08. The van der Waals surface area contributed by atoms with E-state index in [0.717, 1.165) is 16.7 Å². The second-order valence-corrected chi connectivity index (χ2v) is 5.12. The van der Waals surface area contributed by atoms with Gasteiger partial charge in [-0.05, 0) is 28.8 Å². The first-order valence-electron chi connectivity index (χ1n) is 7.13. The normalized spacial score (nSPS) is 10.3. The smallest absolute Gasteiger partial charge is 0.317 e. The summed E-state index contributed by atoms with van der Waals surface area (Å²) in [4.78, 5) is 17.7. The van der Waals surface area contributed by atoms with Gasteiger partial charge in [-0.3, -0.25) is 4.98 Å². The van der Waals surface area contributed by atoms with E-state index in [9.17, 15) is 4.79 Å². The number of benzene rings is 1. The summed E-state index contributed by atoms with van der Waals surface area (Å²) in [5.41, 5.74) is 3.20. The third kappa shape index (κ3) is 4.86. The summed E-state index contributed by atoms with van der Waals surface area (Å²) in [5.74, 6) is 0. The predicted octanol–water partition coefficient (Wildman–Crippen LogP) is 2.57. The highest BCUT2D eigenvalue weighted by molar-refractivity contribution is 5.73. The van der Waals surface area contributed by atoms with Crippen LogP contribution in [0.25, 0.3) is 0 Å². The summed E-state index contributed by atoms with van der Waals surface area (Å²) >= 11 is 0. The van der Waals surface area contributed by atoms with Gasteiger partial charge in [-0.25, -0.2) is 4.79 Å². The lowest BCUT2D eigenvalue weighted by Gasteiger charge is -2.18. The molecule has 0 saturated heterocycles. The number of rotatable bonds is 6. The summed E-state index contributed by atoms with van der Waals surface area (Å²) < 4.78 is 5.11. The van der Waals surface area contributed by atoms with Crippen LogP contribution in [0.3, 0.4) is 0 Å². The number of methoxy groups -OCH3 is 1. The maximum Gasteiger partial charge on any atom is 0.317 e. The molecule has 1 N–H and O–H groups in total. The molecule has 0 fully saturated rings. The summed E-state index contributed by atoms with van der Waals surface area (Å²) in [6.07, 6.45) is 3.45. The third-order valence-electron chi connectivity index (χ3n) is 3.26. The van der Waals surface area contributed by atoms with Crippen molar-refractivity contribution < 1.29 is 9.53 Å². The average Bonchev–Trinajstić information content (AvgIpc) is 2.54. The van der Waals surface area contributed by atoms with Crippen LogP contribution in [0.2, 0.25) is 0 Å². The molecule has 1 aromatic carbocycles. The van der Waals surface area contributed by atoms with Crippen molar-refractivity contribution in [3.63, 3.8) is 0 Å². The molecule has 0 radical (unpaired) electrons. The molecule has 0 unspecified atom stereocenters. The molecular weight excluding hydrogens is 278 g/mol. The van der Waals surface area contributed by atoms with Crippen molar-refractivity contribution in [3.8, 4) is 0 Å². The van der Waals surface area contributed by atoms with Gasteiger partial charge < -0.3 is 15.0 Å². The van der Waals surface area contributed by atoms with Crippen LogP contribution in [0.5, 0.6) is 0 Å². The van der Waals surface area contributed by atoms with Crippen LogP contribution in [0.4, 0.5) is 4.79 Å². The van der Waals surface area contributed by atoms with Crippen LogP contribution in [0.15, 0.2) is 48.8 Å². The lowest BCUT2D eigenvalue weighted by molar-refractivity contribution is 0.185.